The van der Waals surface area contributed by atoms with Gasteiger partial charge in [0.15, 0.2) is 0 Å². The fraction of sp³-hybridized carbons (Fsp3) is 0.571. The average Bonchev–Trinajstić information content (AvgIpc) is 2.55. The average molecular weight is 219 g/mol. The van der Waals surface area contributed by atoms with Crippen LogP contribution in [0.4, 0.5) is 0 Å². The minimum Gasteiger partial charge on any atom is -0.490 e. The van der Waals surface area contributed by atoms with Gasteiger partial charge in [-0.1, -0.05) is 26.0 Å². The maximum Gasteiger partial charge on any atom is 0.123 e. The number of benzene rings is 1. The Morgan fingerprint density at radius 1 is 1.44 bits per heavy atom. The van der Waals surface area contributed by atoms with E-state index in [9.17, 15) is 0 Å². The van der Waals surface area contributed by atoms with Gasteiger partial charge in [0.2, 0.25) is 0 Å². The van der Waals surface area contributed by atoms with E-state index in [1.807, 2.05) is 0 Å². The molecule has 1 heterocycles. The summed E-state index contributed by atoms with van der Waals surface area (Å²) < 4.78 is 5.68. The summed E-state index contributed by atoms with van der Waals surface area (Å²) in [5.41, 5.74) is 8.73. The van der Waals surface area contributed by atoms with Gasteiger partial charge in [0.25, 0.3) is 0 Å². The minimum absolute atomic E-state index is 0.154. The molecular weight excluding hydrogens is 198 g/mol. The molecule has 0 amide bonds. The van der Waals surface area contributed by atoms with Crippen LogP contribution in [0.1, 0.15) is 44.4 Å². The SMILES string of the molecule is CC(C)CC(N)c1ccc2c(c1)CC(C)O2. The van der Waals surface area contributed by atoms with Gasteiger partial charge in [0.05, 0.1) is 0 Å². The summed E-state index contributed by atoms with van der Waals surface area (Å²) in [5, 5.41) is 0. The Kier molecular flexibility index (Phi) is 3.20. The van der Waals surface area contributed by atoms with Gasteiger partial charge in [-0.3, -0.25) is 0 Å². The van der Waals surface area contributed by atoms with Crippen LogP contribution < -0.4 is 10.5 Å². The van der Waals surface area contributed by atoms with Crippen molar-refractivity contribution in [3.05, 3.63) is 29.3 Å². The van der Waals surface area contributed by atoms with Gasteiger partial charge < -0.3 is 10.5 Å². The quantitative estimate of drug-likeness (QED) is 0.848. The van der Waals surface area contributed by atoms with E-state index in [-0.39, 0.29) is 6.04 Å². The monoisotopic (exact) mass is 219 g/mol. The molecule has 2 atom stereocenters. The lowest BCUT2D eigenvalue weighted by Crippen LogP contribution is -2.12. The molecule has 0 aliphatic carbocycles. The number of hydrogen-bond donors (Lipinski definition) is 1. The first-order valence-electron chi connectivity index (χ1n) is 6.11. The first-order chi connectivity index (χ1) is 7.56. The predicted octanol–water partition coefficient (Wildman–Crippen LogP) is 3.06. The Morgan fingerprint density at radius 2 is 2.19 bits per heavy atom. The zero-order valence-electron chi connectivity index (χ0n) is 10.4. The Hall–Kier alpha value is -1.02. The van der Waals surface area contributed by atoms with Gasteiger partial charge in [-0.15, -0.1) is 0 Å². The van der Waals surface area contributed by atoms with Crippen molar-refractivity contribution in [2.24, 2.45) is 11.7 Å². The van der Waals surface area contributed by atoms with Crippen LogP contribution in [0.5, 0.6) is 5.75 Å². The highest BCUT2D eigenvalue weighted by molar-refractivity contribution is 5.41. The molecular formula is C14H21NO. The zero-order valence-corrected chi connectivity index (χ0v) is 10.4. The molecule has 0 aromatic heterocycles. The molecule has 1 aliphatic heterocycles. The third-order valence-electron chi connectivity index (χ3n) is 3.07. The Labute approximate surface area is 97.8 Å². The number of hydrogen-bond acceptors (Lipinski definition) is 2. The Balaban J connectivity index is 2.16. The van der Waals surface area contributed by atoms with E-state index >= 15 is 0 Å². The topological polar surface area (TPSA) is 35.2 Å². The molecule has 1 aromatic carbocycles. The summed E-state index contributed by atoms with van der Waals surface area (Å²) in [6.45, 7) is 6.52. The van der Waals surface area contributed by atoms with Gasteiger partial charge in [-0.25, -0.2) is 0 Å². The van der Waals surface area contributed by atoms with E-state index in [1.165, 1.54) is 11.1 Å². The van der Waals surface area contributed by atoms with Crippen LogP contribution in [-0.2, 0) is 6.42 Å². The van der Waals surface area contributed by atoms with Crippen LogP contribution in [0.25, 0.3) is 0 Å². The second kappa shape index (κ2) is 4.46. The summed E-state index contributed by atoms with van der Waals surface area (Å²) in [4.78, 5) is 0. The molecule has 0 saturated heterocycles. The third-order valence-corrected chi connectivity index (χ3v) is 3.07. The minimum atomic E-state index is 0.154. The number of fused-ring (bicyclic) bond motifs is 1. The smallest absolute Gasteiger partial charge is 0.123 e. The predicted molar refractivity (Wildman–Crippen MR) is 66.6 cm³/mol. The van der Waals surface area contributed by atoms with Crippen LogP contribution in [0.15, 0.2) is 18.2 Å². The van der Waals surface area contributed by atoms with Crippen molar-refractivity contribution in [1.29, 1.82) is 0 Å². The summed E-state index contributed by atoms with van der Waals surface area (Å²) in [5.74, 6) is 1.67. The highest BCUT2D eigenvalue weighted by atomic mass is 16.5. The van der Waals surface area contributed by atoms with Crippen molar-refractivity contribution in [2.75, 3.05) is 0 Å². The molecule has 0 saturated carbocycles. The Morgan fingerprint density at radius 3 is 2.88 bits per heavy atom. The van der Waals surface area contributed by atoms with Crippen molar-refractivity contribution in [1.82, 2.24) is 0 Å². The van der Waals surface area contributed by atoms with Crippen LogP contribution in [-0.4, -0.2) is 6.10 Å². The lowest BCUT2D eigenvalue weighted by Gasteiger charge is -2.15. The molecule has 0 spiro atoms. The van der Waals surface area contributed by atoms with Crippen molar-refractivity contribution < 1.29 is 4.74 Å². The summed E-state index contributed by atoms with van der Waals surface area (Å²) in [7, 11) is 0. The van der Waals surface area contributed by atoms with E-state index in [1.54, 1.807) is 0 Å². The zero-order chi connectivity index (χ0) is 11.7. The third kappa shape index (κ3) is 2.38. The molecule has 1 aliphatic rings. The molecule has 0 bridgehead atoms. The molecule has 2 rings (SSSR count). The standard InChI is InChI=1S/C14H21NO/c1-9(2)6-13(15)11-4-5-14-12(8-11)7-10(3)16-14/h4-5,8-10,13H,6-7,15H2,1-3H3. The molecule has 0 radical (unpaired) electrons. The lowest BCUT2D eigenvalue weighted by molar-refractivity contribution is 0.254. The van der Waals surface area contributed by atoms with Gasteiger partial charge >= 0.3 is 0 Å². The van der Waals surface area contributed by atoms with E-state index in [2.05, 4.69) is 39.0 Å². The summed E-state index contributed by atoms with van der Waals surface area (Å²) in [6.07, 6.45) is 2.36. The molecule has 2 nitrogen and oxygen atoms in total. The van der Waals surface area contributed by atoms with Gasteiger partial charge in [-0.2, -0.15) is 0 Å². The molecule has 2 heteroatoms. The van der Waals surface area contributed by atoms with E-state index in [0.717, 1.165) is 18.6 Å². The van der Waals surface area contributed by atoms with Crippen molar-refractivity contribution in [3.63, 3.8) is 0 Å². The Bertz CT molecular complexity index is 373. The van der Waals surface area contributed by atoms with Gasteiger partial charge in [0, 0.05) is 12.5 Å². The highest BCUT2D eigenvalue weighted by Gasteiger charge is 2.20. The second-order valence-corrected chi connectivity index (χ2v) is 5.24. The number of rotatable bonds is 3. The fourth-order valence-electron chi connectivity index (χ4n) is 2.32. The van der Waals surface area contributed by atoms with E-state index in [4.69, 9.17) is 10.5 Å². The maximum atomic E-state index is 6.18. The normalized spacial score (nSPS) is 20.7. The molecule has 2 N–H and O–H groups in total. The van der Waals surface area contributed by atoms with Crippen molar-refractivity contribution in [2.45, 2.75) is 45.8 Å². The van der Waals surface area contributed by atoms with E-state index in [0.29, 0.717) is 12.0 Å². The fourth-order valence-corrected chi connectivity index (χ4v) is 2.32. The van der Waals surface area contributed by atoms with Gasteiger partial charge in [0.1, 0.15) is 11.9 Å². The van der Waals surface area contributed by atoms with Gasteiger partial charge in [-0.05, 0) is 36.5 Å². The molecule has 1 aromatic rings. The lowest BCUT2D eigenvalue weighted by atomic mass is 9.96. The largest absolute Gasteiger partial charge is 0.490 e. The first kappa shape index (κ1) is 11.5. The van der Waals surface area contributed by atoms with Crippen molar-refractivity contribution >= 4 is 0 Å². The molecule has 2 unspecified atom stereocenters. The van der Waals surface area contributed by atoms with Crippen molar-refractivity contribution in [3.8, 4) is 5.75 Å². The summed E-state index contributed by atoms with van der Waals surface area (Å²) >= 11 is 0. The van der Waals surface area contributed by atoms with Crippen LogP contribution in [0.2, 0.25) is 0 Å². The maximum absolute atomic E-state index is 6.18. The van der Waals surface area contributed by atoms with Crippen LogP contribution >= 0.6 is 0 Å². The van der Waals surface area contributed by atoms with E-state index < -0.39 is 0 Å². The summed E-state index contributed by atoms with van der Waals surface area (Å²) in [6, 6.07) is 6.53. The molecule has 0 fully saturated rings. The molecule has 16 heavy (non-hydrogen) atoms. The highest BCUT2D eigenvalue weighted by Crippen LogP contribution is 2.31. The number of nitrogens with two attached hydrogens (primary N) is 1. The molecule has 88 valence electrons. The van der Waals surface area contributed by atoms with Crippen LogP contribution in [0.3, 0.4) is 0 Å². The number of ether oxygens (including phenoxy) is 1. The van der Waals surface area contributed by atoms with Crippen LogP contribution in [0, 0.1) is 5.92 Å². The first-order valence-corrected chi connectivity index (χ1v) is 6.11. The second-order valence-electron chi connectivity index (χ2n) is 5.24.